The number of benzene rings is 1. The first-order valence-corrected chi connectivity index (χ1v) is 8.89. The minimum absolute atomic E-state index is 0.0931. The summed E-state index contributed by atoms with van der Waals surface area (Å²) in [6.45, 7) is 6.26. The fourth-order valence-electron chi connectivity index (χ4n) is 3.47. The van der Waals surface area contributed by atoms with E-state index in [-0.39, 0.29) is 5.91 Å². The Morgan fingerprint density at radius 3 is 2.85 bits per heavy atom. The van der Waals surface area contributed by atoms with Gasteiger partial charge in [0.25, 0.3) is 0 Å². The van der Waals surface area contributed by atoms with Crippen LogP contribution in [0, 0.1) is 13.8 Å². The number of piperazine rings is 1. The molecule has 0 spiro atoms. The minimum Gasteiger partial charge on any atom is -0.497 e. The second kappa shape index (κ2) is 6.86. The van der Waals surface area contributed by atoms with Gasteiger partial charge in [0.1, 0.15) is 12.1 Å². The summed E-state index contributed by atoms with van der Waals surface area (Å²) < 4.78 is 6.94. The first kappa shape index (κ1) is 17.3. The standard InChI is InChI=1S/C19H22N6O2/c1-13-14(2)22-25-12-20-21-19(25)18(13)24-8-7-23(17(26)11-24)10-15-5-4-6-16(9-15)27-3/h4-6,9,12H,7-8,10-11H2,1-3H3. The molecule has 3 heterocycles. The highest BCUT2D eigenvalue weighted by Crippen LogP contribution is 2.27. The molecule has 0 unspecified atom stereocenters. The van der Waals surface area contributed by atoms with Crippen LogP contribution in [0.25, 0.3) is 5.65 Å². The van der Waals surface area contributed by atoms with Crippen molar-refractivity contribution in [3.05, 3.63) is 47.4 Å². The van der Waals surface area contributed by atoms with E-state index in [4.69, 9.17) is 4.74 Å². The van der Waals surface area contributed by atoms with Crippen molar-refractivity contribution in [3.63, 3.8) is 0 Å². The van der Waals surface area contributed by atoms with Gasteiger partial charge in [0, 0.05) is 19.6 Å². The molecule has 1 aliphatic rings. The van der Waals surface area contributed by atoms with Crippen LogP contribution in [0.3, 0.4) is 0 Å². The Hall–Kier alpha value is -3.16. The van der Waals surface area contributed by atoms with Gasteiger partial charge in [0.05, 0.1) is 25.0 Å². The van der Waals surface area contributed by atoms with Crippen LogP contribution in [0.2, 0.25) is 0 Å². The van der Waals surface area contributed by atoms with Crippen LogP contribution in [-0.4, -0.2) is 57.4 Å². The predicted octanol–water partition coefficient (Wildman–Crippen LogP) is 1.60. The molecule has 1 amide bonds. The van der Waals surface area contributed by atoms with E-state index in [0.717, 1.165) is 34.8 Å². The normalized spacial score (nSPS) is 14.9. The fraction of sp³-hybridized carbons (Fsp3) is 0.368. The number of anilines is 1. The highest BCUT2D eigenvalue weighted by Gasteiger charge is 2.27. The molecule has 0 aliphatic carbocycles. The van der Waals surface area contributed by atoms with Crippen LogP contribution in [-0.2, 0) is 11.3 Å². The number of aryl methyl sites for hydroxylation is 1. The first-order valence-electron chi connectivity index (χ1n) is 8.89. The Bertz CT molecular complexity index is 999. The van der Waals surface area contributed by atoms with E-state index in [1.54, 1.807) is 18.0 Å². The molecule has 8 nitrogen and oxygen atoms in total. The number of amides is 1. The van der Waals surface area contributed by atoms with E-state index < -0.39 is 0 Å². The number of fused-ring (bicyclic) bond motifs is 1. The second-order valence-corrected chi connectivity index (χ2v) is 6.75. The fourth-order valence-corrected chi connectivity index (χ4v) is 3.47. The van der Waals surface area contributed by atoms with Crippen LogP contribution in [0.1, 0.15) is 16.8 Å². The molecule has 0 saturated carbocycles. The molecule has 2 aromatic heterocycles. The van der Waals surface area contributed by atoms with E-state index in [1.165, 1.54) is 0 Å². The number of rotatable bonds is 4. The van der Waals surface area contributed by atoms with Crippen molar-refractivity contribution < 1.29 is 9.53 Å². The Labute approximate surface area is 157 Å². The Morgan fingerprint density at radius 1 is 1.22 bits per heavy atom. The molecule has 3 aromatic rings. The van der Waals surface area contributed by atoms with Crippen molar-refractivity contribution in [2.75, 3.05) is 31.6 Å². The number of aromatic nitrogens is 4. The highest BCUT2D eigenvalue weighted by molar-refractivity contribution is 5.85. The van der Waals surface area contributed by atoms with Crippen molar-refractivity contribution in [1.29, 1.82) is 0 Å². The van der Waals surface area contributed by atoms with Crippen molar-refractivity contribution in [2.45, 2.75) is 20.4 Å². The summed E-state index contributed by atoms with van der Waals surface area (Å²) in [4.78, 5) is 16.8. The number of hydrogen-bond acceptors (Lipinski definition) is 6. The van der Waals surface area contributed by atoms with E-state index in [0.29, 0.717) is 25.3 Å². The van der Waals surface area contributed by atoms with Crippen molar-refractivity contribution in [1.82, 2.24) is 24.7 Å². The van der Waals surface area contributed by atoms with Gasteiger partial charge >= 0.3 is 0 Å². The van der Waals surface area contributed by atoms with E-state index >= 15 is 0 Å². The lowest BCUT2D eigenvalue weighted by Crippen LogP contribution is -2.50. The third kappa shape index (κ3) is 3.18. The molecule has 8 heteroatoms. The SMILES string of the molecule is COc1cccc(CN2CCN(c3c(C)c(C)nn4cnnc34)CC2=O)c1. The minimum atomic E-state index is 0.0931. The molecule has 4 rings (SSSR count). The molecule has 0 radical (unpaired) electrons. The molecule has 1 saturated heterocycles. The average molecular weight is 366 g/mol. The van der Waals surface area contributed by atoms with Crippen molar-refractivity contribution >= 4 is 17.2 Å². The number of methoxy groups -OCH3 is 1. The lowest BCUT2D eigenvalue weighted by Gasteiger charge is -2.36. The topological polar surface area (TPSA) is 75.9 Å². The lowest BCUT2D eigenvalue weighted by molar-refractivity contribution is -0.131. The summed E-state index contributed by atoms with van der Waals surface area (Å²) in [7, 11) is 1.65. The number of carbonyl (C=O) groups excluding carboxylic acids is 1. The smallest absolute Gasteiger partial charge is 0.242 e. The van der Waals surface area contributed by atoms with E-state index in [9.17, 15) is 4.79 Å². The van der Waals surface area contributed by atoms with Crippen LogP contribution in [0.5, 0.6) is 5.75 Å². The third-order valence-corrected chi connectivity index (χ3v) is 5.04. The largest absolute Gasteiger partial charge is 0.497 e. The maximum Gasteiger partial charge on any atom is 0.242 e. The average Bonchev–Trinajstić information content (AvgIpc) is 3.12. The van der Waals surface area contributed by atoms with E-state index in [2.05, 4.69) is 20.2 Å². The summed E-state index contributed by atoms with van der Waals surface area (Å²) in [6.07, 6.45) is 1.59. The molecule has 0 bridgehead atoms. The Balaban J connectivity index is 1.55. The molecule has 140 valence electrons. The van der Waals surface area contributed by atoms with Crippen LogP contribution < -0.4 is 9.64 Å². The van der Waals surface area contributed by atoms with Gasteiger partial charge in [-0.25, -0.2) is 0 Å². The quantitative estimate of drug-likeness (QED) is 0.698. The summed E-state index contributed by atoms with van der Waals surface area (Å²) in [6, 6.07) is 7.83. The third-order valence-electron chi connectivity index (χ3n) is 5.04. The highest BCUT2D eigenvalue weighted by atomic mass is 16.5. The molecule has 1 fully saturated rings. The lowest BCUT2D eigenvalue weighted by atomic mass is 10.1. The molecule has 0 N–H and O–H groups in total. The zero-order chi connectivity index (χ0) is 19.0. The summed E-state index contributed by atoms with van der Waals surface area (Å²) >= 11 is 0. The van der Waals surface area contributed by atoms with Gasteiger partial charge in [-0.15, -0.1) is 10.2 Å². The van der Waals surface area contributed by atoms with Crippen LogP contribution >= 0.6 is 0 Å². The maximum absolute atomic E-state index is 12.8. The number of nitrogens with zero attached hydrogens (tertiary/aromatic N) is 6. The van der Waals surface area contributed by atoms with E-state index in [1.807, 2.05) is 43.0 Å². The Kier molecular flexibility index (Phi) is 4.39. The predicted molar refractivity (Wildman–Crippen MR) is 101 cm³/mol. The maximum atomic E-state index is 12.8. The second-order valence-electron chi connectivity index (χ2n) is 6.75. The number of carbonyl (C=O) groups is 1. The zero-order valence-electron chi connectivity index (χ0n) is 15.7. The van der Waals surface area contributed by atoms with Gasteiger partial charge in [-0.1, -0.05) is 12.1 Å². The Morgan fingerprint density at radius 2 is 2.07 bits per heavy atom. The summed E-state index contributed by atoms with van der Waals surface area (Å²) in [5.74, 6) is 0.895. The number of ether oxygens (including phenoxy) is 1. The molecule has 1 aliphatic heterocycles. The molecular formula is C19H22N6O2. The van der Waals surface area contributed by atoms with Gasteiger partial charge < -0.3 is 14.5 Å². The van der Waals surface area contributed by atoms with Crippen LogP contribution in [0.15, 0.2) is 30.6 Å². The molecular weight excluding hydrogens is 344 g/mol. The number of hydrogen-bond donors (Lipinski definition) is 0. The zero-order valence-corrected chi connectivity index (χ0v) is 15.7. The van der Waals surface area contributed by atoms with Crippen molar-refractivity contribution in [3.8, 4) is 5.75 Å². The van der Waals surface area contributed by atoms with Gasteiger partial charge in [-0.2, -0.15) is 9.61 Å². The van der Waals surface area contributed by atoms with Gasteiger partial charge in [0.15, 0.2) is 0 Å². The summed E-state index contributed by atoms with van der Waals surface area (Å²) in [5, 5.41) is 12.6. The first-order chi connectivity index (χ1) is 13.1. The van der Waals surface area contributed by atoms with Gasteiger partial charge in [0.2, 0.25) is 11.6 Å². The summed E-state index contributed by atoms with van der Waals surface area (Å²) in [5.41, 5.74) is 4.63. The monoisotopic (exact) mass is 366 g/mol. The van der Waals surface area contributed by atoms with Crippen LogP contribution in [0.4, 0.5) is 5.69 Å². The molecule has 0 atom stereocenters. The molecule has 27 heavy (non-hydrogen) atoms. The van der Waals surface area contributed by atoms with Gasteiger partial charge in [-0.05, 0) is 37.1 Å². The van der Waals surface area contributed by atoms with Crippen molar-refractivity contribution in [2.24, 2.45) is 0 Å². The van der Waals surface area contributed by atoms with Gasteiger partial charge in [-0.3, -0.25) is 4.79 Å². The molecule has 1 aromatic carbocycles.